The van der Waals surface area contributed by atoms with E-state index in [-0.39, 0.29) is 24.4 Å². The van der Waals surface area contributed by atoms with E-state index in [2.05, 4.69) is 11.9 Å². The van der Waals surface area contributed by atoms with E-state index in [1.165, 1.54) is 31.1 Å². The van der Waals surface area contributed by atoms with Gasteiger partial charge in [0.05, 0.1) is 5.69 Å². The molecular formula is C23H35N5O3. The van der Waals surface area contributed by atoms with Crippen LogP contribution in [0.2, 0.25) is 0 Å². The number of hydrazine groups is 1. The maximum Gasteiger partial charge on any atom is 0.260 e. The van der Waals surface area contributed by atoms with Crippen molar-refractivity contribution < 1.29 is 14.3 Å². The Labute approximate surface area is 184 Å². The third kappa shape index (κ3) is 5.01. The highest BCUT2D eigenvalue weighted by Gasteiger charge is 2.48. The van der Waals surface area contributed by atoms with Crippen LogP contribution in [-0.2, 0) is 16.0 Å². The summed E-state index contributed by atoms with van der Waals surface area (Å²) >= 11 is 0. The predicted molar refractivity (Wildman–Crippen MR) is 122 cm³/mol. The topological polar surface area (TPSA) is 114 Å². The maximum absolute atomic E-state index is 13.2. The normalized spacial score (nSPS) is 21.9. The number of aliphatic imine (C=N–C) groups is 1. The van der Waals surface area contributed by atoms with Gasteiger partial charge in [-0.1, -0.05) is 51.5 Å². The number of nitrogens with zero attached hydrogens (tertiary/aromatic N) is 3. The zero-order chi connectivity index (χ0) is 22.6. The Hall–Kier alpha value is -2.61. The molecule has 2 aliphatic rings. The van der Waals surface area contributed by atoms with Crippen molar-refractivity contribution in [2.24, 2.45) is 22.5 Å². The van der Waals surface area contributed by atoms with E-state index in [0.29, 0.717) is 23.8 Å². The fourth-order valence-electron chi connectivity index (χ4n) is 4.60. The summed E-state index contributed by atoms with van der Waals surface area (Å²) in [5.41, 5.74) is 6.57. The van der Waals surface area contributed by atoms with Gasteiger partial charge >= 0.3 is 0 Å². The number of anilines is 1. The first-order valence-corrected chi connectivity index (χ1v) is 11.2. The molecule has 170 valence electrons. The summed E-state index contributed by atoms with van der Waals surface area (Å²) in [5.74, 6) is 6.79. The lowest BCUT2D eigenvalue weighted by Gasteiger charge is -2.31. The van der Waals surface area contributed by atoms with Gasteiger partial charge in [-0.25, -0.2) is 15.8 Å². The Morgan fingerprint density at radius 2 is 2.03 bits per heavy atom. The lowest BCUT2D eigenvalue weighted by molar-refractivity contribution is -0.132. The molecule has 2 amide bonds. The molecule has 8 heteroatoms. The zero-order valence-corrected chi connectivity index (χ0v) is 18.9. The third-order valence-corrected chi connectivity index (χ3v) is 6.38. The highest BCUT2D eigenvalue weighted by molar-refractivity contribution is 6.06. The number of benzene rings is 1. The van der Waals surface area contributed by atoms with Crippen LogP contribution in [0.5, 0.6) is 5.75 Å². The predicted octanol–water partition coefficient (Wildman–Crippen LogP) is 2.74. The molecule has 1 unspecified atom stereocenters. The fraction of sp³-hybridized carbons (Fsp3) is 0.609. The van der Waals surface area contributed by atoms with Gasteiger partial charge in [0.25, 0.3) is 5.91 Å². The second-order valence-corrected chi connectivity index (χ2v) is 8.79. The number of aryl methyl sites for hydroxylation is 1. The number of likely N-dealkylation sites (N-methyl/N-ethyl adjacent to an activating group) is 1. The van der Waals surface area contributed by atoms with Crippen LogP contribution in [0.3, 0.4) is 0 Å². The molecule has 31 heavy (non-hydrogen) atoms. The van der Waals surface area contributed by atoms with Crippen molar-refractivity contribution in [3.05, 3.63) is 23.8 Å². The molecule has 0 bridgehead atoms. The van der Waals surface area contributed by atoms with Crippen LogP contribution in [-0.4, -0.2) is 41.9 Å². The molecule has 0 radical (unpaired) electrons. The molecule has 1 aromatic rings. The molecule has 1 fully saturated rings. The minimum Gasteiger partial charge on any atom is -0.490 e. The molecule has 0 aromatic heterocycles. The van der Waals surface area contributed by atoms with Gasteiger partial charge in [-0.05, 0) is 30.4 Å². The largest absolute Gasteiger partial charge is 0.490 e. The Morgan fingerprint density at radius 1 is 1.32 bits per heavy atom. The minimum atomic E-state index is -1.01. The number of rotatable bonds is 8. The summed E-state index contributed by atoms with van der Waals surface area (Å²) in [6, 6.07) is 5.49. The van der Waals surface area contributed by atoms with Crippen LogP contribution >= 0.6 is 0 Å². The highest BCUT2D eigenvalue weighted by atomic mass is 16.5. The number of amides is 2. The summed E-state index contributed by atoms with van der Waals surface area (Å²) in [7, 11) is 1.66. The Morgan fingerprint density at radius 3 is 2.61 bits per heavy atom. The van der Waals surface area contributed by atoms with Gasteiger partial charge in [-0.3, -0.25) is 14.5 Å². The van der Waals surface area contributed by atoms with Crippen molar-refractivity contribution in [2.45, 2.75) is 70.8 Å². The second kappa shape index (κ2) is 9.68. The van der Waals surface area contributed by atoms with Crippen molar-refractivity contribution in [3.63, 3.8) is 0 Å². The number of carbonyl (C=O) groups excluding carboxylic acids is 2. The lowest BCUT2D eigenvalue weighted by atomic mass is 9.79. The Balaban J connectivity index is 1.87. The molecule has 1 saturated carbocycles. The van der Waals surface area contributed by atoms with E-state index in [4.69, 9.17) is 16.3 Å². The van der Waals surface area contributed by atoms with Crippen molar-refractivity contribution in [3.8, 4) is 5.75 Å². The molecule has 4 N–H and O–H groups in total. The first-order valence-electron chi connectivity index (χ1n) is 11.2. The summed E-state index contributed by atoms with van der Waals surface area (Å²) in [6.07, 6.45) is 8.21. The third-order valence-electron chi connectivity index (χ3n) is 6.38. The van der Waals surface area contributed by atoms with E-state index in [9.17, 15) is 9.59 Å². The van der Waals surface area contributed by atoms with Gasteiger partial charge in [-0.2, -0.15) is 0 Å². The molecule has 1 heterocycles. The van der Waals surface area contributed by atoms with Crippen molar-refractivity contribution >= 4 is 23.5 Å². The van der Waals surface area contributed by atoms with E-state index < -0.39 is 5.54 Å². The summed E-state index contributed by atoms with van der Waals surface area (Å²) in [5, 5.41) is 1.09. The van der Waals surface area contributed by atoms with E-state index in [1.807, 2.05) is 12.1 Å². The Bertz CT molecular complexity index is 850. The zero-order valence-electron chi connectivity index (χ0n) is 18.9. The molecule has 1 aromatic carbocycles. The number of nitrogens with two attached hydrogens (primary N) is 2. The first kappa shape index (κ1) is 23.1. The monoisotopic (exact) mass is 429 g/mol. The van der Waals surface area contributed by atoms with E-state index in [1.54, 1.807) is 13.1 Å². The molecule has 3 rings (SSSR count). The van der Waals surface area contributed by atoms with Crippen molar-refractivity contribution in [2.75, 3.05) is 18.7 Å². The van der Waals surface area contributed by atoms with Crippen LogP contribution in [0, 0.1) is 5.92 Å². The number of ether oxygens (including phenoxy) is 1. The van der Waals surface area contributed by atoms with Crippen molar-refractivity contribution in [1.82, 2.24) is 4.90 Å². The number of guanidine groups is 1. The molecule has 0 saturated heterocycles. The fourth-order valence-corrected chi connectivity index (χ4v) is 4.60. The molecule has 1 atom stereocenters. The van der Waals surface area contributed by atoms with E-state index in [0.717, 1.165) is 36.3 Å². The van der Waals surface area contributed by atoms with Gasteiger partial charge in [0.2, 0.25) is 5.91 Å². The van der Waals surface area contributed by atoms with Gasteiger partial charge in [-0.15, -0.1) is 0 Å². The summed E-state index contributed by atoms with van der Waals surface area (Å²) in [4.78, 5) is 30.9. The number of carbonyl (C=O) groups is 2. The average molecular weight is 430 g/mol. The van der Waals surface area contributed by atoms with Gasteiger partial charge in [0.1, 0.15) is 12.4 Å². The smallest absolute Gasteiger partial charge is 0.260 e. The number of hydrogen-bond donors (Lipinski definition) is 2. The van der Waals surface area contributed by atoms with Crippen LogP contribution in [0.1, 0.15) is 64.4 Å². The van der Waals surface area contributed by atoms with Crippen LogP contribution < -0.4 is 21.3 Å². The second-order valence-electron chi connectivity index (χ2n) is 8.79. The number of hydrogen-bond acceptors (Lipinski definition) is 6. The van der Waals surface area contributed by atoms with Crippen molar-refractivity contribution in [1.29, 1.82) is 0 Å². The molecule has 1 aliphatic heterocycles. The summed E-state index contributed by atoms with van der Waals surface area (Å²) in [6.45, 7) is 3.61. The van der Waals surface area contributed by atoms with E-state index >= 15 is 0 Å². The SMILES string of the molecule is CCCc1ccc(N(N)C(C)=O)cc1OCC1(CC2CCCCC2)N=C(N)N(C)C1=O. The van der Waals surface area contributed by atoms with Crippen LogP contribution in [0.15, 0.2) is 23.2 Å². The van der Waals surface area contributed by atoms with Gasteiger partial charge in [0.15, 0.2) is 11.5 Å². The molecular weight excluding hydrogens is 394 g/mol. The minimum absolute atomic E-state index is 0.109. The maximum atomic E-state index is 13.2. The molecule has 1 aliphatic carbocycles. The molecule has 0 spiro atoms. The lowest BCUT2D eigenvalue weighted by Crippen LogP contribution is -2.47. The highest BCUT2D eigenvalue weighted by Crippen LogP contribution is 2.37. The first-order chi connectivity index (χ1) is 14.8. The summed E-state index contributed by atoms with van der Waals surface area (Å²) < 4.78 is 6.25. The molecule has 8 nitrogen and oxygen atoms in total. The average Bonchev–Trinajstić information content (AvgIpc) is 2.97. The van der Waals surface area contributed by atoms with Gasteiger partial charge in [0, 0.05) is 20.0 Å². The van der Waals surface area contributed by atoms with Crippen LogP contribution in [0.4, 0.5) is 5.69 Å². The standard InChI is InChI=1S/C23H35N5O3/c1-4-8-18-11-12-19(28(25)16(2)29)13-20(18)31-15-23(14-17-9-6-5-7-10-17)21(30)27(3)22(24)26-23/h11-13,17H,4-10,14-15,25H2,1-3H3,(H2,24,26). The van der Waals surface area contributed by atoms with Crippen LogP contribution in [0.25, 0.3) is 0 Å². The quantitative estimate of drug-likeness (QED) is 0.375. The van der Waals surface area contributed by atoms with Gasteiger partial charge < -0.3 is 10.5 Å². The Kier molecular flexibility index (Phi) is 7.20.